The summed E-state index contributed by atoms with van der Waals surface area (Å²) >= 11 is 0. The van der Waals surface area contributed by atoms with E-state index in [4.69, 9.17) is 9.47 Å². The van der Waals surface area contributed by atoms with Crippen LogP contribution < -0.4 is 4.74 Å². The Morgan fingerprint density at radius 2 is 2.12 bits per heavy atom. The number of pyridine rings is 1. The van der Waals surface area contributed by atoms with Crippen molar-refractivity contribution < 1.29 is 24.2 Å². The number of aryl methyl sites for hydroxylation is 1. The molecule has 2 aliphatic rings. The van der Waals surface area contributed by atoms with Crippen molar-refractivity contribution in [2.75, 3.05) is 19.8 Å². The molecule has 7 heteroatoms. The van der Waals surface area contributed by atoms with Crippen molar-refractivity contribution in [2.45, 2.75) is 45.3 Å². The maximum Gasteiger partial charge on any atom is 0.295 e. The van der Waals surface area contributed by atoms with E-state index in [1.807, 2.05) is 19.9 Å². The van der Waals surface area contributed by atoms with Gasteiger partial charge in [0.2, 0.25) is 0 Å². The van der Waals surface area contributed by atoms with E-state index in [-0.39, 0.29) is 17.4 Å². The third-order valence-corrected chi connectivity index (χ3v) is 5.68. The minimum absolute atomic E-state index is 0.0650. The van der Waals surface area contributed by atoms with Crippen LogP contribution in [0.4, 0.5) is 0 Å². The van der Waals surface area contributed by atoms with Crippen LogP contribution in [0, 0.1) is 0 Å². The summed E-state index contributed by atoms with van der Waals surface area (Å²) in [5.74, 6) is -0.724. The number of amides is 1. The predicted octanol–water partition coefficient (Wildman–Crippen LogP) is 3.64. The largest absolute Gasteiger partial charge is 0.507 e. The normalized spacial score (nSPS) is 19.8. The highest BCUT2D eigenvalue weighted by atomic mass is 16.5. The molecule has 3 heterocycles. The molecule has 0 bridgehead atoms. The highest BCUT2D eigenvalue weighted by Crippen LogP contribution is 2.39. The fourth-order valence-corrected chi connectivity index (χ4v) is 4.17. The van der Waals surface area contributed by atoms with E-state index < -0.39 is 17.7 Å². The van der Waals surface area contributed by atoms with E-state index in [9.17, 15) is 14.7 Å². The van der Waals surface area contributed by atoms with Gasteiger partial charge in [-0.25, -0.2) is 0 Å². The molecule has 0 radical (unpaired) electrons. The van der Waals surface area contributed by atoms with E-state index >= 15 is 0 Å². The molecule has 168 valence electrons. The number of hydrogen-bond acceptors (Lipinski definition) is 6. The first-order chi connectivity index (χ1) is 15.5. The van der Waals surface area contributed by atoms with Crippen molar-refractivity contribution in [1.29, 1.82) is 0 Å². The molecule has 1 saturated heterocycles. The smallest absolute Gasteiger partial charge is 0.295 e. The van der Waals surface area contributed by atoms with Crippen molar-refractivity contribution in [2.24, 2.45) is 0 Å². The molecule has 1 N–H and O–H groups in total. The van der Waals surface area contributed by atoms with Crippen molar-refractivity contribution in [3.05, 3.63) is 65.0 Å². The molecular formula is C25H28N2O5. The van der Waals surface area contributed by atoms with Gasteiger partial charge in [0, 0.05) is 24.9 Å². The van der Waals surface area contributed by atoms with Gasteiger partial charge in [0.25, 0.3) is 11.7 Å². The monoisotopic (exact) mass is 436 g/mol. The van der Waals surface area contributed by atoms with Gasteiger partial charge in [-0.05, 0) is 69.0 Å². The van der Waals surface area contributed by atoms with Crippen LogP contribution in [0.1, 0.15) is 49.6 Å². The first-order valence-corrected chi connectivity index (χ1v) is 11.0. The van der Waals surface area contributed by atoms with Crippen molar-refractivity contribution in [3.8, 4) is 5.75 Å². The molecule has 0 spiro atoms. The van der Waals surface area contributed by atoms with Crippen LogP contribution in [0.25, 0.3) is 5.76 Å². The Labute approximate surface area is 187 Å². The highest BCUT2D eigenvalue weighted by Gasteiger charge is 2.46. The zero-order valence-corrected chi connectivity index (χ0v) is 18.4. The molecule has 1 unspecified atom stereocenters. The fourth-order valence-electron chi connectivity index (χ4n) is 4.17. The quantitative estimate of drug-likeness (QED) is 0.309. The average molecular weight is 437 g/mol. The molecule has 1 atom stereocenters. The first-order valence-electron chi connectivity index (χ1n) is 11.0. The van der Waals surface area contributed by atoms with E-state index in [1.165, 1.54) is 4.90 Å². The lowest BCUT2D eigenvalue weighted by Crippen LogP contribution is -2.31. The lowest BCUT2D eigenvalue weighted by molar-refractivity contribution is -0.140. The van der Waals surface area contributed by atoms with E-state index in [1.54, 1.807) is 36.5 Å². The summed E-state index contributed by atoms with van der Waals surface area (Å²) in [4.78, 5) is 31.9. The number of carbonyl (C=O) groups excluding carboxylic acids is 2. The summed E-state index contributed by atoms with van der Waals surface area (Å²) in [6, 6.07) is 9.96. The molecule has 2 aromatic rings. The number of likely N-dealkylation sites (tertiary alicyclic amines) is 1. The minimum Gasteiger partial charge on any atom is -0.507 e. The zero-order chi connectivity index (χ0) is 22.7. The van der Waals surface area contributed by atoms with Crippen LogP contribution >= 0.6 is 0 Å². The maximum atomic E-state index is 13.1. The Kier molecular flexibility index (Phi) is 6.55. The molecule has 2 aliphatic heterocycles. The molecule has 0 saturated carbocycles. The molecule has 4 rings (SSSR count). The predicted molar refractivity (Wildman–Crippen MR) is 119 cm³/mol. The Balaban J connectivity index is 1.72. The second-order valence-electron chi connectivity index (χ2n) is 8.29. The number of ketones is 1. The van der Waals surface area contributed by atoms with Gasteiger partial charge in [-0.1, -0.05) is 6.07 Å². The van der Waals surface area contributed by atoms with Crippen LogP contribution in [0.5, 0.6) is 5.75 Å². The standard InChI is InChI=1S/C25H28N2O5/c1-16(2)31-14-6-12-27-22(19-8-3-4-11-26-19)21(24(29)25(27)30)23(28)18-9-10-20-17(15-18)7-5-13-32-20/h3-4,8-11,15-16,22,28H,5-7,12-14H2,1-2H3/b23-21-. The van der Waals surface area contributed by atoms with Gasteiger partial charge in [-0.2, -0.15) is 0 Å². The Bertz CT molecular complexity index is 1030. The minimum atomic E-state index is -0.748. The van der Waals surface area contributed by atoms with E-state index in [0.717, 1.165) is 24.2 Å². The summed E-state index contributed by atoms with van der Waals surface area (Å²) in [5, 5.41) is 11.2. The van der Waals surface area contributed by atoms with Crippen LogP contribution in [0.15, 0.2) is 48.2 Å². The Morgan fingerprint density at radius 3 is 2.88 bits per heavy atom. The van der Waals surface area contributed by atoms with Gasteiger partial charge in [0.1, 0.15) is 17.6 Å². The van der Waals surface area contributed by atoms with Crippen LogP contribution in [-0.4, -0.2) is 52.5 Å². The third-order valence-electron chi connectivity index (χ3n) is 5.68. The molecule has 1 fully saturated rings. The van der Waals surface area contributed by atoms with Crippen molar-refractivity contribution in [1.82, 2.24) is 9.88 Å². The lowest BCUT2D eigenvalue weighted by Gasteiger charge is -2.24. The molecule has 0 aliphatic carbocycles. The number of aliphatic hydroxyl groups is 1. The van der Waals surface area contributed by atoms with Crippen LogP contribution in [-0.2, 0) is 20.7 Å². The molecule has 1 aromatic carbocycles. The van der Waals surface area contributed by atoms with Crippen LogP contribution in [0.3, 0.4) is 0 Å². The van der Waals surface area contributed by atoms with Gasteiger partial charge >= 0.3 is 0 Å². The highest BCUT2D eigenvalue weighted by molar-refractivity contribution is 6.46. The number of rotatable bonds is 7. The van der Waals surface area contributed by atoms with Gasteiger partial charge < -0.3 is 19.5 Å². The summed E-state index contributed by atoms with van der Waals surface area (Å²) in [7, 11) is 0. The molecular weight excluding hydrogens is 408 g/mol. The Morgan fingerprint density at radius 1 is 1.28 bits per heavy atom. The maximum absolute atomic E-state index is 13.1. The zero-order valence-electron chi connectivity index (χ0n) is 18.4. The number of aromatic nitrogens is 1. The third kappa shape index (κ3) is 4.39. The summed E-state index contributed by atoms with van der Waals surface area (Å²) in [5.41, 5.74) is 2.08. The topological polar surface area (TPSA) is 89.0 Å². The van der Waals surface area contributed by atoms with Crippen molar-refractivity contribution in [3.63, 3.8) is 0 Å². The number of benzene rings is 1. The molecule has 1 amide bonds. The van der Waals surface area contributed by atoms with Crippen LogP contribution in [0.2, 0.25) is 0 Å². The number of Topliss-reactive ketones (excluding diaryl/α,β-unsaturated/α-hetero) is 1. The number of carbonyl (C=O) groups is 2. The Hall–Kier alpha value is -3.19. The van der Waals surface area contributed by atoms with Gasteiger partial charge in [-0.15, -0.1) is 0 Å². The van der Waals surface area contributed by atoms with Crippen molar-refractivity contribution >= 4 is 17.4 Å². The fraction of sp³-hybridized carbons (Fsp3) is 0.400. The number of aliphatic hydroxyl groups excluding tert-OH is 1. The summed E-state index contributed by atoms with van der Waals surface area (Å²) < 4.78 is 11.2. The molecule has 1 aromatic heterocycles. The molecule has 7 nitrogen and oxygen atoms in total. The van der Waals surface area contributed by atoms with Gasteiger partial charge in [-0.3, -0.25) is 14.6 Å². The number of ether oxygens (including phenoxy) is 2. The SMILES string of the molecule is CC(C)OCCCN1C(=O)C(=O)/C(=C(\O)c2ccc3c(c2)CCCO3)C1c1ccccn1. The number of hydrogen-bond donors (Lipinski definition) is 1. The van der Waals surface area contributed by atoms with E-state index in [2.05, 4.69) is 4.98 Å². The summed E-state index contributed by atoms with van der Waals surface area (Å²) in [6.07, 6.45) is 4.02. The van der Waals surface area contributed by atoms with E-state index in [0.29, 0.717) is 37.4 Å². The summed E-state index contributed by atoms with van der Waals surface area (Å²) in [6.45, 7) is 5.37. The second-order valence-corrected chi connectivity index (χ2v) is 8.29. The number of fused-ring (bicyclic) bond motifs is 1. The number of nitrogens with zero attached hydrogens (tertiary/aromatic N) is 2. The average Bonchev–Trinajstić information content (AvgIpc) is 3.06. The first kappa shape index (κ1) is 22.0. The molecule has 32 heavy (non-hydrogen) atoms. The lowest BCUT2D eigenvalue weighted by atomic mass is 9.96. The van der Waals surface area contributed by atoms with Gasteiger partial charge in [0.15, 0.2) is 0 Å². The second kappa shape index (κ2) is 9.53. The van der Waals surface area contributed by atoms with Gasteiger partial charge in [0.05, 0.1) is 24.0 Å².